The SMILES string of the molecule is CCCN(C)CCOc1cccc(C#CCCO)c1. The summed E-state index contributed by atoms with van der Waals surface area (Å²) < 4.78 is 5.71. The zero-order valence-electron chi connectivity index (χ0n) is 11.9. The normalized spacial score (nSPS) is 10.1. The molecule has 1 aromatic carbocycles. The van der Waals surface area contributed by atoms with Crippen LogP contribution in [0.5, 0.6) is 5.75 Å². The van der Waals surface area contributed by atoms with E-state index in [0.717, 1.165) is 30.8 Å². The van der Waals surface area contributed by atoms with Gasteiger partial charge < -0.3 is 14.7 Å². The maximum atomic E-state index is 8.68. The smallest absolute Gasteiger partial charge is 0.120 e. The molecule has 0 saturated carbocycles. The number of aliphatic hydroxyl groups excluding tert-OH is 1. The van der Waals surface area contributed by atoms with Crippen LogP contribution >= 0.6 is 0 Å². The number of hydrogen-bond acceptors (Lipinski definition) is 3. The molecule has 0 unspecified atom stereocenters. The van der Waals surface area contributed by atoms with Gasteiger partial charge in [-0.2, -0.15) is 0 Å². The van der Waals surface area contributed by atoms with Gasteiger partial charge in [-0.3, -0.25) is 0 Å². The number of aliphatic hydroxyl groups is 1. The summed E-state index contributed by atoms with van der Waals surface area (Å²) in [6, 6.07) is 7.76. The molecule has 1 N–H and O–H groups in total. The third-order valence-corrected chi connectivity index (χ3v) is 2.65. The standard InChI is InChI=1S/C16H23NO2/c1-3-10-17(2)11-13-19-16-9-6-8-15(14-16)7-4-5-12-18/h6,8-9,14,18H,3,5,10-13H2,1-2H3. The Morgan fingerprint density at radius 3 is 2.89 bits per heavy atom. The van der Waals surface area contributed by atoms with Gasteiger partial charge in [0.2, 0.25) is 0 Å². The second-order valence-corrected chi connectivity index (χ2v) is 4.45. The van der Waals surface area contributed by atoms with Crippen molar-refractivity contribution in [2.45, 2.75) is 19.8 Å². The van der Waals surface area contributed by atoms with Crippen molar-refractivity contribution in [3.63, 3.8) is 0 Å². The number of nitrogens with zero attached hydrogens (tertiary/aromatic N) is 1. The first kappa shape index (κ1) is 15.6. The Kier molecular flexibility index (Phi) is 7.72. The lowest BCUT2D eigenvalue weighted by Gasteiger charge is -2.15. The highest BCUT2D eigenvalue weighted by Crippen LogP contribution is 2.12. The minimum atomic E-state index is 0.104. The molecular weight excluding hydrogens is 238 g/mol. The number of rotatable bonds is 7. The molecule has 0 saturated heterocycles. The Labute approximate surface area is 116 Å². The molecular formula is C16H23NO2. The van der Waals surface area contributed by atoms with Gasteiger partial charge in [-0.15, -0.1) is 0 Å². The molecule has 0 amide bonds. The van der Waals surface area contributed by atoms with Crippen molar-refractivity contribution < 1.29 is 9.84 Å². The molecule has 104 valence electrons. The fourth-order valence-corrected chi connectivity index (χ4v) is 1.70. The van der Waals surface area contributed by atoms with Gasteiger partial charge in [0.25, 0.3) is 0 Å². The van der Waals surface area contributed by atoms with E-state index in [0.29, 0.717) is 13.0 Å². The highest BCUT2D eigenvalue weighted by molar-refractivity contribution is 5.39. The van der Waals surface area contributed by atoms with Crippen molar-refractivity contribution in [2.24, 2.45) is 0 Å². The van der Waals surface area contributed by atoms with Crippen molar-refractivity contribution in [2.75, 3.05) is 33.4 Å². The summed E-state index contributed by atoms with van der Waals surface area (Å²) in [6.45, 7) is 4.98. The van der Waals surface area contributed by atoms with E-state index in [-0.39, 0.29) is 6.61 Å². The molecule has 0 radical (unpaired) electrons. The highest BCUT2D eigenvalue weighted by Gasteiger charge is 1.98. The average Bonchev–Trinajstić information content (AvgIpc) is 2.40. The van der Waals surface area contributed by atoms with Crippen LogP contribution in [0.15, 0.2) is 24.3 Å². The largest absolute Gasteiger partial charge is 0.492 e. The van der Waals surface area contributed by atoms with Crippen LogP contribution in [0.4, 0.5) is 0 Å². The van der Waals surface area contributed by atoms with E-state index in [1.807, 2.05) is 24.3 Å². The van der Waals surface area contributed by atoms with Gasteiger partial charge in [0.1, 0.15) is 12.4 Å². The minimum Gasteiger partial charge on any atom is -0.492 e. The van der Waals surface area contributed by atoms with E-state index in [4.69, 9.17) is 9.84 Å². The van der Waals surface area contributed by atoms with Crippen LogP contribution in [0.2, 0.25) is 0 Å². The molecule has 0 bridgehead atoms. The first-order valence-electron chi connectivity index (χ1n) is 6.77. The van der Waals surface area contributed by atoms with E-state index in [1.54, 1.807) is 0 Å². The second-order valence-electron chi connectivity index (χ2n) is 4.45. The third kappa shape index (κ3) is 6.85. The lowest BCUT2D eigenvalue weighted by atomic mass is 10.2. The maximum Gasteiger partial charge on any atom is 0.120 e. The average molecular weight is 261 g/mol. The lowest BCUT2D eigenvalue weighted by molar-refractivity contribution is 0.237. The fourth-order valence-electron chi connectivity index (χ4n) is 1.70. The Morgan fingerprint density at radius 2 is 2.16 bits per heavy atom. The summed E-state index contributed by atoms with van der Waals surface area (Å²) in [7, 11) is 2.10. The topological polar surface area (TPSA) is 32.7 Å². The van der Waals surface area contributed by atoms with Crippen LogP contribution in [-0.4, -0.2) is 43.4 Å². The van der Waals surface area contributed by atoms with Crippen LogP contribution in [0.25, 0.3) is 0 Å². The predicted octanol–water partition coefficient (Wildman–Crippen LogP) is 2.14. The van der Waals surface area contributed by atoms with Crippen molar-refractivity contribution in [3.8, 4) is 17.6 Å². The van der Waals surface area contributed by atoms with Gasteiger partial charge >= 0.3 is 0 Å². The van der Waals surface area contributed by atoms with Crippen molar-refractivity contribution >= 4 is 0 Å². The molecule has 3 nitrogen and oxygen atoms in total. The summed E-state index contributed by atoms with van der Waals surface area (Å²) in [5.74, 6) is 6.76. The molecule has 0 atom stereocenters. The zero-order chi connectivity index (χ0) is 13.9. The Bertz CT molecular complexity index is 420. The molecule has 0 fully saturated rings. The molecule has 0 aromatic heterocycles. The molecule has 1 rings (SSSR count). The van der Waals surface area contributed by atoms with E-state index in [1.165, 1.54) is 0 Å². The monoisotopic (exact) mass is 261 g/mol. The highest BCUT2D eigenvalue weighted by atomic mass is 16.5. The van der Waals surface area contributed by atoms with Crippen LogP contribution in [-0.2, 0) is 0 Å². The number of hydrogen-bond donors (Lipinski definition) is 1. The lowest BCUT2D eigenvalue weighted by Crippen LogP contribution is -2.24. The van der Waals surface area contributed by atoms with E-state index in [2.05, 4.69) is 30.7 Å². The number of ether oxygens (including phenoxy) is 1. The first-order chi connectivity index (χ1) is 9.26. The summed E-state index contributed by atoms with van der Waals surface area (Å²) in [6.07, 6.45) is 1.67. The molecule has 3 heteroatoms. The molecule has 0 heterocycles. The molecule has 0 spiro atoms. The van der Waals surface area contributed by atoms with E-state index < -0.39 is 0 Å². The van der Waals surface area contributed by atoms with Gasteiger partial charge in [-0.05, 0) is 38.2 Å². The van der Waals surface area contributed by atoms with Gasteiger partial charge in [-0.1, -0.05) is 24.8 Å². The molecule has 19 heavy (non-hydrogen) atoms. The van der Waals surface area contributed by atoms with E-state index >= 15 is 0 Å². The van der Waals surface area contributed by atoms with Gasteiger partial charge in [0.15, 0.2) is 0 Å². The molecule has 1 aromatic rings. The van der Waals surface area contributed by atoms with Gasteiger partial charge in [0.05, 0.1) is 6.61 Å². The van der Waals surface area contributed by atoms with Crippen LogP contribution in [0, 0.1) is 11.8 Å². The van der Waals surface area contributed by atoms with Gasteiger partial charge in [-0.25, -0.2) is 0 Å². The van der Waals surface area contributed by atoms with Crippen LogP contribution in [0.1, 0.15) is 25.3 Å². The van der Waals surface area contributed by atoms with Crippen LogP contribution < -0.4 is 4.74 Å². The van der Waals surface area contributed by atoms with Crippen LogP contribution in [0.3, 0.4) is 0 Å². The molecule has 0 aliphatic carbocycles. The molecule has 0 aliphatic rings. The number of likely N-dealkylation sites (N-methyl/N-ethyl adjacent to an activating group) is 1. The molecule has 0 aliphatic heterocycles. The Hall–Kier alpha value is -1.50. The fraction of sp³-hybridized carbons (Fsp3) is 0.500. The Balaban J connectivity index is 2.42. The van der Waals surface area contributed by atoms with Gasteiger partial charge in [0, 0.05) is 18.5 Å². The van der Waals surface area contributed by atoms with Crippen molar-refractivity contribution in [1.29, 1.82) is 0 Å². The Morgan fingerprint density at radius 1 is 1.32 bits per heavy atom. The first-order valence-corrected chi connectivity index (χ1v) is 6.77. The minimum absolute atomic E-state index is 0.104. The summed E-state index contributed by atoms with van der Waals surface area (Å²) in [5.41, 5.74) is 0.924. The quantitative estimate of drug-likeness (QED) is 0.763. The van der Waals surface area contributed by atoms with Crippen molar-refractivity contribution in [1.82, 2.24) is 4.90 Å². The maximum absolute atomic E-state index is 8.68. The van der Waals surface area contributed by atoms with Crippen molar-refractivity contribution in [3.05, 3.63) is 29.8 Å². The second kappa shape index (κ2) is 9.43. The van der Waals surface area contributed by atoms with E-state index in [9.17, 15) is 0 Å². The third-order valence-electron chi connectivity index (χ3n) is 2.65. The summed E-state index contributed by atoms with van der Waals surface area (Å²) in [4.78, 5) is 2.25. The predicted molar refractivity (Wildman–Crippen MR) is 78.3 cm³/mol. The summed E-state index contributed by atoms with van der Waals surface area (Å²) >= 11 is 0. The zero-order valence-corrected chi connectivity index (χ0v) is 11.9. The summed E-state index contributed by atoms with van der Waals surface area (Å²) in [5, 5.41) is 8.68. The number of benzene rings is 1.